The largest absolute Gasteiger partial charge is 0.366 e. The third-order valence-corrected chi connectivity index (χ3v) is 8.65. The summed E-state index contributed by atoms with van der Waals surface area (Å²) in [6, 6.07) is 1.56. The molecule has 1 unspecified atom stereocenters. The topological polar surface area (TPSA) is 88.0 Å². The van der Waals surface area contributed by atoms with Crippen LogP contribution in [-0.4, -0.2) is 31.8 Å². The predicted molar refractivity (Wildman–Crippen MR) is 139 cm³/mol. The van der Waals surface area contributed by atoms with E-state index in [1.54, 1.807) is 31.6 Å². The summed E-state index contributed by atoms with van der Waals surface area (Å²) in [5.74, 6) is 0.264. The molecule has 0 spiro atoms. The van der Waals surface area contributed by atoms with Gasteiger partial charge in [0.2, 0.25) is 0 Å². The lowest BCUT2D eigenvalue weighted by atomic mass is 9.80. The van der Waals surface area contributed by atoms with Gasteiger partial charge in [-0.3, -0.25) is 9.78 Å². The van der Waals surface area contributed by atoms with Crippen LogP contribution in [0.5, 0.6) is 0 Å². The first kappa shape index (κ1) is 22.9. The Labute approximate surface area is 214 Å². The molecule has 192 valence electrons. The van der Waals surface area contributed by atoms with E-state index in [9.17, 15) is 4.79 Å². The van der Waals surface area contributed by atoms with Gasteiger partial charge in [0.25, 0.3) is 5.91 Å². The van der Waals surface area contributed by atoms with Crippen LogP contribution in [-0.2, 0) is 11.2 Å². The molecule has 4 aromatic rings. The molecule has 0 radical (unpaired) electrons. The molecule has 7 nitrogen and oxygen atoms in total. The Morgan fingerprint density at radius 2 is 1.97 bits per heavy atom. The number of nitrogens with two attached hydrogens (primary N) is 1. The molecule has 7 rings (SSSR count). The van der Waals surface area contributed by atoms with Crippen molar-refractivity contribution in [1.82, 2.24) is 19.3 Å². The average Bonchev–Trinajstić information content (AvgIpc) is 3.52. The fraction of sp³-hybridized carbons (Fsp3) is 0.483. The van der Waals surface area contributed by atoms with E-state index in [1.165, 1.54) is 24.8 Å². The number of amides is 1. The van der Waals surface area contributed by atoms with E-state index >= 15 is 4.39 Å². The molecule has 1 aliphatic heterocycles. The number of halogens is 1. The van der Waals surface area contributed by atoms with Crippen molar-refractivity contribution in [1.29, 1.82) is 0 Å². The first-order valence-corrected chi connectivity index (χ1v) is 13.6. The molecule has 2 N–H and O–H groups in total. The summed E-state index contributed by atoms with van der Waals surface area (Å²) >= 11 is 0. The first-order valence-electron chi connectivity index (χ1n) is 13.6. The quantitative estimate of drug-likeness (QED) is 0.359. The van der Waals surface area contributed by atoms with Crippen molar-refractivity contribution < 1.29 is 13.9 Å². The molecule has 3 fully saturated rings. The van der Waals surface area contributed by atoms with Gasteiger partial charge in [0.05, 0.1) is 28.5 Å². The Balaban J connectivity index is 1.51. The van der Waals surface area contributed by atoms with Crippen LogP contribution in [0.1, 0.15) is 90.7 Å². The van der Waals surface area contributed by atoms with Gasteiger partial charge in [0.15, 0.2) is 6.23 Å². The van der Waals surface area contributed by atoms with Gasteiger partial charge in [-0.15, -0.1) is 0 Å². The number of rotatable bonds is 6. The van der Waals surface area contributed by atoms with Crippen LogP contribution in [0.15, 0.2) is 24.7 Å². The minimum atomic E-state index is -0.504. The molecule has 2 aliphatic carbocycles. The van der Waals surface area contributed by atoms with Crippen molar-refractivity contribution in [3.05, 3.63) is 52.9 Å². The van der Waals surface area contributed by atoms with Crippen LogP contribution in [0, 0.1) is 18.7 Å². The summed E-state index contributed by atoms with van der Waals surface area (Å²) in [4.78, 5) is 17.5. The van der Waals surface area contributed by atoms with Gasteiger partial charge in [-0.25, -0.2) is 9.07 Å². The average molecular weight is 502 g/mol. The van der Waals surface area contributed by atoms with E-state index < -0.39 is 5.91 Å². The first-order chi connectivity index (χ1) is 18.0. The number of aromatic nitrogens is 4. The molecule has 1 aromatic carbocycles. The number of nitrogens with zero attached hydrogens (tertiary/aromatic N) is 4. The van der Waals surface area contributed by atoms with Crippen molar-refractivity contribution >= 4 is 27.7 Å². The van der Waals surface area contributed by atoms with Crippen LogP contribution in [0.3, 0.4) is 0 Å². The molecule has 4 heterocycles. The van der Waals surface area contributed by atoms with Crippen molar-refractivity contribution in [2.75, 3.05) is 6.61 Å². The van der Waals surface area contributed by atoms with Crippen LogP contribution >= 0.6 is 0 Å². The highest BCUT2D eigenvalue weighted by atomic mass is 19.1. The van der Waals surface area contributed by atoms with E-state index in [4.69, 9.17) is 15.5 Å². The van der Waals surface area contributed by atoms with Crippen molar-refractivity contribution in [2.24, 2.45) is 11.7 Å². The zero-order valence-corrected chi connectivity index (χ0v) is 21.2. The van der Waals surface area contributed by atoms with E-state index in [2.05, 4.69) is 5.10 Å². The van der Waals surface area contributed by atoms with E-state index in [-0.39, 0.29) is 12.0 Å². The zero-order valence-electron chi connectivity index (χ0n) is 21.2. The van der Waals surface area contributed by atoms with Gasteiger partial charge in [0, 0.05) is 53.0 Å². The standard InChI is InChI=1S/C29H32FN5O2/c1-16-23(30)12-24-21(14-33-35(24)25-7-2-3-10-37-25)27(16)34-15-22(29(31)36)20-13-32-26(18-8-9-18)19(28(20)34)11-17-5-4-6-17/h12-15,17-18,25H,2-11H2,1H3,(H2,31,36). The summed E-state index contributed by atoms with van der Waals surface area (Å²) in [5.41, 5.74) is 11.5. The molecule has 1 atom stereocenters. The van der Waals surface area contributed by atoms with Crippen LogP contribution in [0.2, 0.25) is 0 Å². The van der Waals surface area contributed by atoms with E-state index in [0.717, 1.165) is 60.5 Å². The number of pyridine rings is 1. The SMILES string of the molecule is Cc1c(F)cc2c(cnn2C2CCCCO2)c1-n1cc(C(N)=O)c2cnc(C3CC3)c(CC3CCC3)c21. The lowest BCUT2D eigenvalue weighted by molar-refractivity contribution is -0.0366. The number of hydrogen-bond donors (Lipinski definition) is 1. The Morgan fingerprint density at radius 3 is 2.65 bits per heavy atom. The highest BCUT2D eigenvalue weighted by molar-refractivity contribution is 6.08. The molecule has 3 aromatic heterocycles. The van der Waals surface area contributed by atoms with Gasteiger partial charge in [-0.2, -0.15) is 5.10 Å². The highest BCUT2D eigenvalue weighted by Gasteiger charge is 2.33. The maximum Gasteiger partial charge on any atom is 0.250 e. The molecule has 8 heteroatoms. The Hall–Kier alpha value is -3.26. The second kappa shape index (κ2) is 8.65. The number of hydrogen-bond acceptors (Lipinski definition) is 4. The van der Waals surface area contributed by atoms with Gasteiger partial charge < -0.3 is 15.0 Å². The molecule has 0 bridgehead atoms. The van der Waals surface area contributed by atoms with Crippen molar-refractivity contribution in [3.8, 4) is 5.69 Å². The van der Waals surface area contributed by atoms with Crippen LogP contribution in [0.25, 0.3) is 27.5 Å². The zero-order chi connectivity index (χ0) is 25.3. The van der Waals surface area contributed by atoms with Crippen molar-refractivity contribution in [2.45, 2.75) is 76.9 Å². The highest BCUT2D eigenvalue weighted by Crippen LogP contribution is 2.45. The number of carbonyl (C=O) groups excluding carboxylic acids is 1. The maximum atomic E-state index is 15.6. The smallest absolute Gasteiger partial charge is 0.250 e. The molecule has 1 amide bonds. The minimum absolute atomic E-state index is 0.205. The van der Waals surface area contributed by atoms with E-state index in [1.807, 2.05) is 9.25 Å². The van der Waals surface area contributed by atoms with Gasteiger partial charge in [-0.1, -0.05) is 19.3 Å². The second-order valence-corrected chi connectivity index (χ2v) is 11.1. The summed E-state index contributed by atoms with van der Waals surface area (Å²) in [5, 5.41) is 6.24. The number of carbonyl (C=O) groups is 1. The summed E-state index contributed by atoms with van der Waals surface area (Å²) in [6.07, 6.45) is 15.0. The molecular formula is C29H32FN5O2. The fourth-order valence-corrected chi connectivity index (χ4v) is 6.26. The fourth-order valence-electron chi connectivity index (χ4n) is 6.26. The number of benzene rings is 1. The minimum Gasteiger partial charge on any atom is -0.366 e. The third-order valence-electron chi connectivity index (χ3n) is 8.65. The van der Waals surface area contributed by atoms with Crippen LogP contribution < -0.4 is 5.73 Å². The van der Waals surface area contributed by atoms with Crippen LogP contribution in [0.4, 0.5) is 4.39 Å². The van der Waals surface area contributed by atoms with Gasteiger partial charge in [0.1, 0.15) is 5.82 Å². The monoisotopic (exact) mass is 501 g/mol. The second-order valence-electron chi connectivity index (χ2n) is 11.1. The maximum absolute atomic E-state index is 15.6. The summed E-state index contributed by atoms with van der Waals surface area (Å²) in [7, 11) is 0. The van der Waals surface area contributed by atoms with E-state index in [0.29, 0.717) is 40.8 Å². The molecule has 3 aliphatic rings. The number of ether oxygens (including phenoxy) is 1. The Kier molecular flexibility index (Phi) is 5.36. The molecular weight excluding hydrogens is 469 g/mol. The van der Waals surface area contributed by atoms with Gasteiger partial charge in [-0.05, 0) is 56.9 Å². The Morgan fingerprint density at radius 1 is 1.14 bits per heavy atom. The summed E-state index contributed by atoms with van der Waals surface area (Å²) < 4.78 is 25.4. The lowest BCUT2D eigenvalue weighted by Crippen LogP contribution is -2.19. The number of primary amides is 1. The summed E-state index contributed by atoms with van der Waals surface area (Å²) in [6.45, 7) is 2.47. The predicted octanol–water partition coefficient (Wildman–Crippen LogP) is 5.84. The third kappa shape index (κ3) is 3.68. The Bertz CT molecular complexity index is 1540. The molecule has 1 saturated heterocycles. The van der Waals surface area contributed by atoms with Crippen molar-refractivity contribution in [3.63, 3.8) is 0 Å². The lowest BCUT2D eigenvalue weighted by Gasteiger charge is -2.27. The number of fused-ring (bicyclic) bond motifs is 2. The molecule has 37 heavy (non-hydrogen) atoms. The van der Waals surface area contributed by atoms with Gasteiger partial charge >= 0.3 is 0 Å². The molecule has 2 saturated carbocycles. The normalized spacial score (nSPS) is 20.5.